The topological polar surface area (TPSA) is 75.6 Å². The standard InChI is InChI=1S/C25H33BClFN2O3S/c1-24(2,3)34(33)29-25(4,5)20-15-23(31)30(26(6)32)22(20)13-16-7-9-17(10-8-16)19-14-18(27)11-12-21(19)28/h7-12,14,20,22,29,32H,13,15H2,1-6H3/t20-,22+,34?/m0/s1. The van der Waals surface area contributed by atoms with Crippen LogP contribution in [0.5, 0.6) is 0 Å². The molecule has 5 nitrogen and oxygen atoms in total. The molecule has 1 heterocycles. The van der Waals surface area contributed by atoms with Gasteiger partial charge in [-0.25, -0.2) is 4.39 Å². The van der Waals surface area contributed by atoms with Crippen molar-refractivity contribution in [2.45, 2.75) is 70.6 Å². The lowest BCUT2D eigenvalue weighted by Gasteiger charge is -2.40. The molecule has 0 saturated carbocycles. The van der Waals surface area contributed by atoms with Crippen molar-refractivity contribution in [1.82, 2.24) is 9.53 Å². The monoisotopic (exact) mass is 506 g/mol. The van der Waals surface area contributed by atoms with Gasteiger partial charge in [-0.15, -0.1) is 4.72 Å². The summed E-state index contributed by atoms with van der Waals surface area (Å²) in [7, 11) is -0.939. The van der Waals surface area contributed by atoms with E-state index < -0.39 is 28.7 Å². The van der Waals surface area contributed by atoms with E-state index in [0.717, 1.165) is 5.56 Å². The number of amides is 1. The van der Waals surface area contributed by atoms with E-state index in [4.69, 9.17) is 11.6 Å². The Bertz CT molecular complexity index is 1030. The summed E-state index contributed by atoms with van der Waals surface area (Å²) in [5.74, 6) is -0.649. The molecule has 1 saturated heterocycles. The molecule has 2 aromatic rings. The molecule has 3 rings (SSSR count). The van der Waals surface area contributed by atoms with Gasteiger partial charge in [0.05, 0.1) is 5.54 Å². The van der Waals surface area contributed by atoms with Gasteiger partial charge in [0.15, 0.2) is 0 Å². The number of hydrogen-bond acceptors (Lipinski definition) is 4. The Labute approximate surface area is 210 Å². The Morgan fingerprint density at radius 2 is 1.82 bits per heavy atom. The molecule has 3 atom stereocenters. The van der Waals surface area contributed by atoms with E-state index in [1.807, 2.05) is 58.9 Å². The zero-order chi connectivity index (χ0) is 25.4. The fourth-order valence-electron chi connectivity index (χ4n) is 4.52. The number of nitrogens with one attached hydrogen (secondary N) is 1. The van der Waals surface area contributed by atoms with E-state index in [1.165, 1.54) is 16.9 Å². The molecular weight excluding hydrogens is 474 g/mol. The molecule has 184 valence electrons. The summed E-state index contributed by atoms with van der Waals surface area (Å²) in [5.41, 5.74) is 1.46. The number of halogens is 2. The zero-order valence-electron chi connectivity index (χ0n) is 20.6. The molecule has 1 unspecified atom stereocenters. The van der Waals surface area contributed by atoms with Crippen molar-refractivity contribution < 1.29 is 18.8 Å². The lowest BCUT2D eigenvalue weighted by molar-refractivity contribution is -0.125. The van der Waals surface area contributed by atoms with Gasteiger partial charge >= 0.3 is 7.05 Å². The predicted octanol–water partition coefficient (Wildman–Crippen LogP) is 4.85. The second-order valence-corrected chi connectivity index (χ2v) is 12.9. The molecule has 9 heteroatoms. The van der Waals surface area contributed by atoms with Crippen LogP contribution in [0, 0.1) is 11.7 Å². The smallest absolute Gasteiger partial charge is 0.412 e. The summed E-state index contributed by atoms with van der Waals surface area (Å²) >= 11 is 4.72. The van der Waals surface area contributed by atoms with Crippen LogP contribution in [0.1, 0.15) is 46.6 Å². The first kappa shape index (κ1) is 27.0. The highest BCUT2D eigenvalue weighted by Crippen LogP contribution is 2.38. The zero-order valence-corrected chi connectivity index (χ0v) is 22.1. The minimum atomic E-state index is -1.31. The van der Waals surface area contributed by atoms with E-state index in [9.17, 15) is 18.8 Å². The highest BCUT2D eigenvalue weighted by Gasteiger charge is 2.51. The average Bonchev–Trinajstić information content (AvgIpc) is 3.06. The highest BCUT2D eigenvalue weighted by molar-refractivity contribution is 7.90. The van der Waals surface area contributed by atoms with Crippen LogP contribution in [0.25, 0.3) is 11.1 Å². The fourth-order valence-corrected chi connectivity index (χ4v) is 5.63. The summed E-state index contributed by atoms with van der Waals surface area (Å²) in [6.45, 7) is 11.2. The van der Waals surface area contributed by atoms with Crippen molar-refractivity contribution in [1.29, 1.82) is 0 Å². The Morgan fingerprint density at radius 3 is 2.38 bits per heavy atom. The second-order valence-electron chi connectivity index (χ2n) is 10.5. The predicted molar refractivity (Wildman–Crippen MR) is 138 cm³/mol. The number of nitrogens with zero attached hydrogens (tertiary/aromatic N) is 1. The molecule has 2 aromatic carbocycles. The first-order chi connectivity index (χ1) is 15.7. The summed E-state index contributed by atoms with van der Waals surface area (Å²) < 4.78 is 29.9. The molecule has 0 aromatic heterocycles. The van der Waals surface area contributed by atoms with E-state index in [2.05, 4.69) is 4.72 Å². The first-order valence-electron chi connectivity index (χ1n) is 11.4. The van der Waals surface area contributed by atoms with Crippen molar-refractivity contribution in [3.63, 3.8) is 0 Å². The number of benzene rings is 2. The van der Waals surface area contributed by atoms with Gasteiger partial charge in [0.1, 0.15) is 10.6 Å². The van der Waals surface area contributed by atoms with Crippen molar-refractivity contribution in [2.24, 2.45) is 5.92 Å². The quantitative estimate of drug-likeness (QED) is 0.416. The summed E-state index contributed by atoms with van der Waals surface area (Å²) in [4.78, 5) is 14.4. The minimum absolute atomic E-state index is 0.126. The summed E-state index contributed by atoms with van der Waals surface area (Å²) in [5, 5.41) is 10.8. The molecule has 2 N–H and O–H groups in total. The van der Waals surface area contributed by atoms with Crippen LogP contribution in [0.15, 0.2) is 42.5 Å². The number of rotatable bonds is 7. The Morgan fingerprint density at radius 1 is 1.21 bits per heavy atom. The molecule has 1 amide bonds. The maximum Gasteiger partial charge on any atom is 0.412 e. The Balaban J connectivity index is 1.88. The normalized spacial score (nSPS) is 20.1. The van der Waals surface area contributed by atoms with Crippen LogP contribution in [-0.2, 0) is 22.6 Å². The van der Waals surface area contributed by atoms with Crippen molar-refractivity contribution in [3.8, 4) is 11.1 Å². The largest absolute Gasteiger partial charge is 0.598 e. The van der Waals surface area contributed by atoms with E-state index in [1.54, 1.807) is 12.9 Å². The molecule has 0 radical (unpaired) electrons. The number of carbonyl (C=O) groups excluding carboxylic acids is 1. The maximum atomic E-state index is 14.3. The molecule has 0 spiro atoms. The Kier molecular flexibility index (Phi) is 8.10. The van der Waals surface area contributed by atoms with Crippen LogP contribution >= 0.6 is 11.6 Å². The SMILES string of the molecule is CB(O)N1C(=O)C[C@H](C(C)(C)N[S+]([O-])C(C)(C)C)[C@H]1Cc1ccc(-c2cc(Cl)ccc2F)cc1. The molecule has 0 bridgehead atoms. The van der Waals surface area contributed by atoms with E-state index in [0.29, 0.717) is 22.6 Å². The van der Waals surface area contributed by atoms with Gasteiger partial charge in [-0.3, -0.25) is 4.79 Å². The van der Waals surface area contributed by atoms with Gasteiger partial charge < -0.3 is 14.4 Å². The second kappa shape index (κ2) is 10.2. The van der Waals surface area contributed by atoms with Gasteiger partial charge in [-0.2, -0.15) is 0 Å². The first-order valence-corrected chi connectivity index (χ1v) is 13.0. The third kappa shape index (κ3) is 5.97. The summed E-state index contributed by atoms with van der Waals surface area (Å²) in [6.07, 6.45) is 0.760. The van der Waals surface area contributed by atoms with Crippen LogP contribution in [0.3, 0.4) is 0 Å². The van der Waals surface area contributed by atoms with Crippen LogP contribution in [0.2, 0.25) is 11.8 Å². The van der Waals surface area contributed by atoms with Crippen LogP contribution in [-0.4, -0.2) is 43.7 Å². The fraction of sp³-hybridized carbons (Fsp3) is 0.480. The third-order valence-electron chi connectivity index (χ3n) is 6.38. The molecule has 0 aliphatic carbocycles. The molecule has 1 aliphatic rings. The van der Waals surface area contributed by atoms with Crippen molar-refractivity contribution in [3.05, 3.63) is 58.9 Å². The van der Waals surface area contributed by atoms with Crippen LogP contribution < -0.4 is 4.72 Å². The Hall–Kier alpha value is -1.58. The van der Waals surface area contributed by atoms with Gasteiger partial charge in [0.2, 0.25) is 5.91 Å². The number of carbonyl (C=O) groups is 1. The lowest BCUT2D eigenvalue weighted by atomic mass is 9.77. The van der Waals surface area contributed by atoms with E-state index >= 15 is 0 Å². The lowest BCUT2D eigenvalue weighted by Crippen LogP contribution is -2.57. The van der Waals surface area contributed by atoms with Gasteiger partial charge in [-0.1, -0.05) is 35.9 Å². The molecule has 1 fully saturated rings. The molecule has 1 aliphatic heterocycles. The minimum Gasteiger partial charge on any atom is -0.598 e. The van der Waals surface area contributed by atoms with Gasteiger partial charge in [0.25, 0.3) is 0 Å². The van der Waals surface area contributed by atoms with Crippen LogP contribution in [0.4, 0.5) is 4.39 Å². The number of hydrogen-bond donors (Lipinski definition) is 2. The summed E-state index contributed by atoms with van der Waals surface area (Å²) in [6, 6.07) is 11.6. The van der Waals surface area contributed by atoms with E-state index in [-0.39, 0.29) is 30.1 Å². The molecule has 34 heavy (non-hydrogen) atoms. The third-order valence-corrected chi connectivity index (χ3v) is 8.44. The molecular formula is C25H33BClFN2O3S. The van der Waals surface area contributed by atoms with Gasteiger partial charge in [-0.05, 0) is 77.2 Å². The maximum absolute atomic E-state index is 14.3. The van der Waals surface area contributed by atoms with Crippen molar-refractivity contribution in [2.75, 3.05) is 0 Å². The average molecular weight is 507 g/mol. The van der Waals surface area contributed by atoms with Crippen molar-refractivity contribution >= 4 is 35.9 Å². The van der Waals surface area contributed by atoms with Gasteiger partial charge in [0, 0.05) is 40.3 Å². The highest BCUT2D eigenvalue weighted by atomic mass is 35.5.